The van der Waals surface area contributed by atoms with E-state index in [0.29, 0.717) is 5.92 Å². The van der Waals surface area contributed by atoms with Gasteiger partial charge in [-0.3, -0.25) is 4.98 Å². The zero-order chi connectivity index (χ0) is 13.2. The molecule has 19 heavy (non-hydrogen) atoms. The van der Waals surface area contributed by atoms with Crippen molar-refractivity contribution < 1.29 is 0 Å². The molecule has 0 bridgehead atoms. The highest BCUT2D eigenvalue weighted by molar-refractivity contribution is 5.50. The Labute approximate surface area is 113 Å². The number of pyridine rings is 1. The summed E-state index contributed by atoms with van der Waals surface area (Å²) in [5, 5.41) is 0. The van der Waals surface area contributed by atoms with Gasteiger partial charge in [0.05, 0.1) is 0 Å². The maximum absolute atomic E-state index is 5.78. The Morgan fingerprint density at radius 1 is 1.32 bits per heavy atom. The second kappa shape index (κ2) is 5.05. The van der Waals surface area contributed by atoms with Gasteiger partial charge in [-0.2, -0.15) is 0 Å². The van der Waals surface area contributed by atoms with Crippen molar-refractivity contribution in [2.45, 2.75) is 26.2 Å². The normalized spacial score (nSPS) is 18.1. The van der Waals surface area contributed by atoms with E-state index in [0.717, 1.165) is 43.0 Å². The van der Waals surface area contributed by atoms with E-state index in [1.165, 1.54) is 11.3 Å². The molecule has 98 valence electrons. The molecule has 0 spiro atoms. The maximum atomic E-state index is 5.78. The fraction of sp³-hybridized carbons (Fsp3) is 0.400. The number of aryl methyl sites for hydroxylation is 2. The van der Waals surface area contributed by atoms with Crippen LogP contribution in [0.4, 0.5) is 0 Å². The average molecular weight is 254 g/mol. The molecule has 2 aromatic rings. The van der Waals surface area contributed by atoms with Crippen molar-refractivity contribution >= 4 is 0 Å². The predicted octanol–water partition coefficient (Wildman–Crippen LogP) is 1.91. The van der Waals surface area contributed by atoms with Crippen molar-refractivity contribution in [1.29, 1.82) is 0 Å². The van der Waals surface area contributed by atoms with Gasteiger partial charge in [0.1, 0.15) is 5.69 Å². The highest BCUT2D eigenvalue weighted by Gasteiger charge is 2.22. The van der Waals surface area contributed by atoms with Gasteiger partial charge in [0, 0.05) is 17.6 Å². The smallest absolute Gasteiger partial charge is 0.178 e. The fourth-order valence-corrected chi connectivity index (χ4v) is 2.67. The summed E-state index contributed by atoms with van der Waals surface area (Å²) in [7, 11) is 0. The Morgan fingerprint density at radius 2 is 2.21 bits per heavy atom. The third-order valence-electron chi connectivity index (χ3n) is 3.81. The third kappa shape index (κ3) is 2.36. The lowest BCUT2D eigenvalue weighted by atomic mass is 9.86. The van der Waals surface area contributed by atoms with E-state index in [1.54, 1.807) is 6.20 Å². The molecule has 2 N–H and O–H groups in total. The molecule has 2 heterocycles. The van der Waals surface area contributed by atoms with Gasteiger partial charge >= 0.3 is 0 Å². The van der Waals surface area contributed by atoms with Crippen LogP contribution in [0.15, 0.2) is 24.4 Å². The van der Waals surface area contributed by atoms with Crippen LogP contribution in [-0.2, 0) is 12.8 Å². The summed E-state index contributed by atoms with van der Waals surface area (Å²) >= 11 is 0. The number of hydrogen-bond acceptors (Lipinski definition) is 4. The molecule has 0 aliphatic heterocycles. The minimum atomic E-state index is 0.579. The van der Waals surface area contributed by atoms with Gasteiger partial charge in [-0.15, -0.1) is 0 Å². The zero-order valence-electron chi connectivity index (χ0n) is 11.1. The van der Waals surface area contributed by atoms with Crippen LogP contribution in [0.1, 0.15) is 23.4 Å². The lowest BCUT2D eigenvalue weighted by Crippen LogP contribution is -2.24. The largest absolute Gasteiger partial charge is 0.330 e. The van der Waals surface area contributed by atoms with Gasteiger partial charge in [-0.25, -0.2) is 9.97 Å². The lowest BCUT2D eigenvalue weighted by molar-refractivity contribution is 0.460. The number of fused-ring (bicyclic) bond motifs is 1. The Kier molecular flexibility index (Phi) is 3.25. The third-order valence-corrected chi connectivity index (χ3v) is 3.81. The lowest BCUT2D eigenvalue weighted by Gasteiger charge is -2.24. The van der Waals surface area contributed by atoms with Crippen LogP contribution < -0.4 is 5.73 Å². The molecule has 1 aliphatic carbocycles. The molecule has 1 unspecified atom stereocenters. The van der Waals surface area contributed by atoms with E-state index >= 15 is 0 Å². The zero-order valence-corrected chi connectivity index (χ0v) is 11.1. The second-order valence-electron chi connectivity index (χ2n) is 5.12. The van der Waals surface area contributed by atoms with Gasteiger partial charge < -0.3 is 5.73 Å². The predicted molar refractivity (Wildman–Crippen MR) is 74.6 cm³/mol. The first-order valence-corrected chi connectivity index (χ1v) is 6.76. The van der Waals surface area contributed by atoms with Crippen molar-refractivity contribution in [2.75, 3.05) is 6.54 Å². The molecule has 4 heteroatoms. The Hall–Kier alpha value is -1.81. The average Bonchev–Trinajstić information content (AvgIpc) is 2.48. The highest BCUT2D eigenvalue weighted by atomic mass is 14.9. The summed E-state index contributed by atoms with van der Waals surface area (Å²) in [5.41, 5.74) is 10.2. The van der Waals surface area contributed by atoms with Crippen LogP contribution in [0, 0.1) is 12.8 Å². The van der Waals surface area contributed by atoms with Crippen molar-refractivity contribution in [3.63, 3.8) is 0 Å². The molecule has 4 nitrogen and oxygen atoms in total. The van der Waals surface area contributed by atoms with Gasteiger partial charge in [0.15, 0.2) is 5.82 Å². The van der Waals surface area contributed by atoms with E-state index in [9.17, 15) is 0 Å². The first-order chi connectivity index (χ1) is 9.28. The van der Waals surface area contributed by atoms with Gasteiger partial charge in [-0.05, 0) is 56.3 Å². The van der Waals surface area contributed by atoms with E-state index in [4.69, 9.17) is 10.7 Å². The summed E-state index contributed by atoms with van der Waals surface area (Å²) in [5.74, 6) is 1.32. The van der Waals surface area contributed by atoms with Crippen LogP contribution in [-0.4, -0.2) is 21.5 Å². The molecular weight excluding hydrogens is 236 g/mol. The van der Waals surface area contributed by atoms with Crippen LogP contribution in [0.3, 0.4) is 0 Å². The van der Waals surface area contributed by atoms with Gasteiger partial charge in [0.25, 0.3) is 0 Å². The van der Waals surface area contributed by atoms with Crippen LogP contribution in [0.2, 0.25) is 0 Å². The minimum absolute atomic E-state index is 0.579. The van der Waals surface area contributed by atoms with E-state index < -0.39 is 0 Å². The summed E-state index contributed by atoms with van der Waals surface area (Å²) in [4.78, 5) is 13.6. The number of rotatable bonds is 2. The van der Waals surface area contributed by atoms with Crippen molar-refractivity contribution in [2.24, 2.45) is 11.7 Å². The van der Waals surface area contributed by atoms with Crippen LogP contribution >= 0.6 is 0 Å². The molecule has 0 amide bonds. The summed E-state index contributed by atoms with van der Waals surface area (Å²) < 4.78 is 0. The topological polar surface area (TPSA) is 64.7 Å². The van der Waals surface area contributed by atoms with E-state index in [1.807, 2.05) is 18.2 Å². The van der Waals surface area contributed by atoms with Gasteiger partial charge in [0.2, 0.25) is 0 Å². The van der Waals surface area contributed by atoms with E-state index in [-0.39, 0.29) is 0 Å². The quantitative estimate of drug-likeness (QED) is 0.889. The fourth-order valence-electron chi connectivity index (χ4n) is 2.67. The molecule has 0 aromatic carbocycles. The van der Waals surface area contributed by atoms with Gasteiger partial charge in [-0.1, -0.05) is 6.07 Å². The highest BCUT2D eigenvalue weighted by Crippen LogP contribution is 2.27. The van der Waals surface area contributed by atoms with E-state index in [2.05, 4.69) is 16.9 Å². The number of hydrogen-bond donors (Lipinski definition) is 1. The van der Waals surface area contributed by atoms with Crippen LogP contribution in [0.5, 0.6) is 0 Å². The summed E-state index contributed by atoms with van der Waals surface area (Å²) in [6, 6.07) is 5.82. The number of nitrogens with two attached hydrogens (primary N) is 1. The molecule has 0 saturated heterocycles. The van der Waals surface area contributed by atoms with Crippen molar-refractivity contribution in [3.8, 4) is 11.5 Å². The first-order valence-electron chi connectivity index (χ1n) is 6.76. The standard InChI is InChI=1S/C15H18N4/c1-10-12-8-11(9-16)5-6-13(12)19-15(18-10)14-4-2-3-7-17-14/h2-4,7,11H,5-6,8-9,16H2,1H3. The molecule has 1 atom stereocenters. The molecular formula is C15H18N4. The Bertz CT molecular complexity index is 580. The molecule has 3 rings (SSSR count). The molecule has 1 aliphatic rings. The molecule has 2 aromatic heterocycles. The Morgan fingerprint density at radius 3 is 2.95 bits per heavy atom. The Balaban J connectivity index is 2.01. The summed E-state index contributed by atoms with van der Waals surface area (Å²) in [6.45, 7) is 2.81. The maximum Gasteiger partial charge on any atom is 0.178 e. The molecule has 0 saturated carbocycles. The molecule has 0 radical (unpaired) electrons. The first kappa shape index (κ1) is 12.2. The summed E-state index contributed by atoms with van der Waals surface area (Å²) in [6.07, 6.45) is 4.92. The van der Waals surface area contributed by atoms with Crippen molar-refractivity contribution in [3.05, 3.63) is 41.3 Å². The number of aromatic nitrogens is 3. The van der Waals surface area contributed by atoms with Crippen LogP contribution in [0.25, 0.3) is 11.5 Å². The molecule has 0 fully saturated rings. The van der Waals surface area contributed by atoms with Crippen molar-refractivity contribution in [1.82, 2.24) is 15.0 Å². The number of nitrogens with zero attached hydrogens (tertiary/aromatic N) is 3. The minimum Gasteiger partial charge on any atom is -0.330 e. The SMILES string of the molecule is Cc1nc(-c2ccccn2)nc2c1CC(CN)CC2. The monoisotopic (exact) mass is 254 g/mol. The second-order valence-corrected chi connectivity index (χ2v) is 5.12.